The van der Waals surface area contributed by atoms with Crippen molar-refractivity contribution in [3.8, 4) is 11.8 Å². The number of unbranched alkanes of at least 4 members (excludes halogenated alkanes) is 2. The van der Waals surface area contributed by atoms with Gasteiger partial charge in [-0.05, 0) is 37.7 Å². The van der Waals surface area contributed by atoms with E-state index < -0.39 is 0 Å². The molecule has 0 spiro atoms. The van der Waals surface area contributed by atoms with Gasteiger partial charge in [0.15, 0.2) is 0 Å². The minimum atomic E-state index is 1.05. The Morgan fingerprint density at radius 2 is 2.09 bits per heavy atom. The van der Waals surface area contributed by atoms with Crippen molar-refractivity contribution in [1.29, 1.82) is 0 Å². The van der Waals surface area contributed by atoms with E-state index in [1.54, 1.807) is 0 Å². The monoisotopic (exact) mass is 169 g/mol. The van der Waals surface area contributed by atoms with Crippen LogP contribution < -0.4 is 0 Å². The first kappa shape index (κ1) is 10.9. The van der Waals surface area contributed by atoms with Crippen molar-refractivity contribution >= 4 is 11.8 Å². The summed E-state index contributed by atoms with van der Waals surface area (Å²) in [4.78, 5) is 0. The number of hydrogen-bond acceptors (Lipinski definition) is 1. The van der Waals surface area contributed by atoms with Gasteiger partial charge in [-0.1, -0.05) is 6.92 Å². The Hall–Kier alpha value is -0.0900. The van der Waals surface area contributed by atoms with Crippen molar-refractivity contribution in [3.63, 3.8) is 0 Å². The molecule has 11 heavy (non-hydrogen) atoms. The molecule has 0 aliphatic heterocycles. The summed E-state index contributed by atoms with van der Waals surface area (Å²) < 4.78 is 0. The molecule has 0 heterocycles. The fourth-order valence-electron chi connectivity index (χ4n) is 0.747. The highest BCUT2D eigenvalue weighted by Crippen LogP contribution is 2.06. The maximum atomic E-state index is 3.79. The Kier molecular flexibility index (Phi) is 9.83. The lowest BCUT2D eigenvalue weighted by molar-refractivity contribution is 0.836. The molecule has 0 amide bonds. The third-order valence-corrected chi connectivity index (χ3v) is 2.46. The molecular weight excluding hydrogens is 152 g/mol. The molecule has 0 rings (SSSR count). The molecule has 0 aromatic rings. The highest BCUT2D eigenvalue weighted by Gasteiger charge is 1.87. The molecule has 0 N–H and O–H groups in total. The summed E-state index contributed by atoms with van der Waals surface area (Å²) >= 11 is 2.00. The second kappa shape index (κ2) is 9.91. The van der Waals surface area contributed by atoms with Gasteiger partial charge in [0.2, 0.25) is 0 Å². The zero-order chi connectivity index (χ0) is 8.36. The van der Waals surface area contributed by atoms with E-state index in [-0.39, 0.29) is 0 Å². The maximum absolute atomic E-state index is 3.79. The third-order valence-electron chi connectivity index (χ3n) is 1.31. The van der Waals surface area contributed by atoms with Crippen molar-refractivity contribution in [2.24, 2.45) is 0 Å². The van der Waals surface area contributed by atoms with Crippen molar-refractivity contribution < 1.29 is 0 Å². The standard InChI is InChI=1S/C10H17S/c1-3-5-6-7-8-10-11-9-4-2/h2,4,6-10H2,1H3. The minimum absolute atomic E-state index is 1.05. The van der Waals surface area contributed by atoms with E-state index in [9.17, 15) is 0 Å². The van der Waals surface area contributed by atoms with Gasteiger partial charge in [-0.3, -0.25) is 0 Å². The van der Waals surface area contributed by atoms with Crippen LogP contribution in [0.2, 0.25) is 0 Å². The van der Waals surface area contributed by atoms with Gasteiger partial charge in [0, 0.05) is 6.42 Å². The van der Waals surface area contributed by atoms with Crippen LogP contribution in [0.25, 0.3) is 0 Å². The minimum Gasteiger partial charge on any atom is -0.162 e. The average Bonchev–Trinajstić information content (AvgIpc) is 2.03. The van der Waals surface area contributed by atoms with Crippen LogP contribution in [0.3, 0.4) is 0 Å². The zero-order valence-corrected chi connectivity index (χ0v) is 8.17. The molecular formula is C10H17S. The predicted molar refractivity (Wildman–Crippen MR) is 54.6 cm³/mol. The van der Waals surface area contributed by atoms with E-state index in [1.165, 1.54) is 24.3 Å². The van der Waals surface area contributed by atoms with Gasteiger partial charge in [-0.2, -0.15) is 11.8 Å². The van der Waals surface area contributed by atoms with E-state index in [0.717, 1.165) is 12.8 Å². The van der Waals surface area contributed by atoms with Gasteiger partial charge < -0.3 is 0 Å². The Morgan fingerprint density at radius 3 is 2.73 bits per heavy atom. The van der Waals surface area contributed by atoms with Crippen molar-refractivity contribution in [2.75, 3.05) is 11.5 Å². The van der Waals surface area contributed by atoms with E-state index in [2.05, 4.69) is 18.8 Å². The second-order valence-electron chi connectivity index (χ2n) is 2.35. The van der Waals surface area contributed by atoms with Crippen LogP contribution in [0.1, 0.15) is 32.6 Å². The summed E-state index contributed by atoms with van der Waals surface area (Å²) in [6.45, 7) is 5.69. The fourth-order valence-corrected chi connectivity index (χ4v) is 1.56. The second-order valence-corrected chi connectivity index (χ2v) is 3.57. The van der Waals surface area contributed by atoms with Crippen LogP contribution in [0.15, 0.2) is 0 Å². The van der Waals surface area contributed by atoms with Gasteiger partial charge in [-0.25, -0.2) is 0 Å². The Bertz CT molecular complexity index is 119. The molecule has 0 nitrogen and oxygen atoms in total. The molecule has 0 aromatic carbocycles. The predicted octanol–water partition coefficient (Wildman–Crippen LogP) is 3.14. The first-order chi connectivity index (χ1) is 5.41. The molecule has 0 saturated heterocycles. The van der Waals surface area contributed by atoms with Gasteiger partial charge in [0.05, 0.1) is 0 Å². The van der Waals surface area contributed by atoms with Crippen molar-refractivity contribution in [1.82, 2.24) is 0 Å². The largest absolute Gasteiger partial charge is 0.162 e. The number of rotatable bonds is 6. The van der Waals surface area contributed by atoms with Crippen LogP contribution in [0.4, 0.5) is 0 Å². The lowest BCUT2D eigenvalue weighted by Crippen LogP contribution is -1.82. The lowest BCUT2D eigenvalue weighted by atomic mass is 10.2. The number of hydrogen-bond donors (Lipinski definition) is 0. The molecule has 0 aromatic heterocycles. The molecule has 0 aliphatic rings. The summed E-state index contributed by atoms with van der Waals surface area (Å²) in [5.41, 5.74) is 0. The molecule has 0 bridgehead atoms. The summed E-state index contributed by atoms with van der Waals surface area (Å²) in [7, 11) is 0. The van der Waals surface area contributed by atoms with Crippen LogP contribution in [-0.4, -0.2) is 11.5 Å². The van der Waals surface area contributed by atoms with E-state index in [1.807, 2.05) is 18.7 Å². The molecule has 63 valence electrons. The van der Waals surface area contributed by atoms with Crippen molar-refractivity contribution in [3.05, 3.63) is 6.92 Å². The molecule has 0 unspecified atom stereocenters. The van der Waals surface area contributed by atoms with Gasteiger partial charge in [-0.15, -0.1) is 11.8 Å². The van der Waals surface area contributed by atoms with Gasteiger partial charge >= 0.3 is 0 Å². The quantitative estimate of drug-likeness (QED) is 0.435. The highest BCUT2D eigenvalue weighted by molar-refractivity contribution is 7.99. The smallest absolute Gasteiger partial charge is 0.00888 e. The van der Waals surface area contributed by atoms with Crippen LogP contribution in [0.5, 0.6) is 0 Å². The van der Waals surface area contributed by atoms with E-state index in [0.29, 0.717) is 0 Å². The molecule has 0 fully saturated rings. The lowest BCUT2D eigenvalue weighted by Gasteiger charge is -1.96. The highest BCUT2D eigenvalue weighted by atomic mass is 32.2. The molecule has 1 radical (unpaired) electrons. The van der Waals surface area contributed by atoms with E-state index in [4.69, 9.17) is 0 Å². The van der Waals surface area contributed by atoms with Crippen LogP contribution in [-0.2, 0) is 0 Å². The maximum Gasteiger partial charge on any atom is 0.00888 e. The average molecular weight is 169 g/mol. The van der Waals surface area contributed by atoms with Gasteiger partial charge in [0.25, 0.3) is 0 Å². The van der Waals surface area contributed by atoms with Crippen molar-refractivity contribution in [2.45, 2.75) is 32.6 Å². The molecule has 0 atom stereocenters. The fraction of sp³-hybridized carbons (Fsp3) is 0.700. The summed E-state index contributed by atoms with van der Waals surface area (Å²) in [6.07, 6.45) is 4.69. The summed E-state index contributed by atoms with van der Waals surface area (Å²) in [5, 5.41) is 0. The molecule has 1 heteroatoms. The number of thioether (sulfide) groups is 1. The Morgan fingerprint density at radius 1 is 1.27 bits per heavy atom. The Labute approximate surface area is 75.1 Å². The van der Waals surface area contributed by atoms with Crippen LogP contribution >= 0.6 is 11.8 Å². The molecule has 0 aliphatic carbocycles. The molecule has 0 saturated carbocycles. The summed E-state index contributed by atoms with van der Waals surface area (Å²) in [5.74, 6) is 8.46. The third kappa shape index (κ3) is 9.91. The summed E-state index contributed by atoms with van der Waals surface area (Å²) in [6, 6.07) is 0. The Balaban J connectivity index is 2.83. The van der Waals surface area contributed by atoms with Gasteiger partial charge in [0.1, 0.15) is 0 Å². The first-order valence-corrected chi connectivity index (χ1v) is 5.34. The van der Waals surface area contributed by atoms with Crippen LogP contribution in [0, 0.1) is 18.8 Å². The SMILES string of the molecule is [CH2]CCSCCCCC#CC. The normalized spacial score (nSPS) is 8.91. The first-order valence-electron chi connectivity index (χ1n) is 4.18. The topological polar surface area (TPSA) is 0 Å². The zero-order valence-electron chi connectivity index (χ0n) is 7.36. The van der Waals surface area contributed by atoms with E-state index >= 15 is 0 Å².